The highest BCUT2D eigenvalue weighted by Crippen LogP contribution is 2.37. The average molecular weight is 344 g/mol. The Morgan fingerprint density at radius 3 is 2.74 bits per heavy atom. The van der Waals surface area contributed by atoms with Gasteiger partial charge in [0.05, 0.1) is 22.8 Å². The fourth-order valence-corrected chi connectivity index (χ4v) is 3.24. The maximum Gasteiger partial charge on any atom is 0.214 e. The molecule has 4 rings (SSSR count). The van der Waals surface area contributed by atoms with E-state index in [1.54, 1.807) is 42.9 Å². The van der Waals surface area contributed by atoms with Gasteiger partial charge in [-0.25, -0.2) is 0 Å². The van der Waals surface area contributed by atoms with E-state index in [0.717, 1.165) is 15.0 Å². The summed E-state index contributed by atoms with van der Waals surface area (Å²) in [5, 5.41) is 13.8. The van der Waals surface area contributed by atoms with Gasteiger partial charge >= 0.3 is 0 Å². The van der Waals surface area contributed by atoms with E-state index >= 15 is 0 Å². The van der Waals surface area contributed by atoms with E-state index in [0.29, 0.717) is 22.3 Å². The summed E-state index contributed by atoms with van der Waals surface area (Å²) >= 11 is 7.44. The molecule has 0 saturated heterocycles. The molecule has 0 aliphatic heterocycles. The molecule has 0 amide bonds. The van der Waals surface area contributed by atoms with Gasteiger partial charge in [-0.05, 0) is 35.5 Å². The number of benzene rings is 1. The third-order valence-electron chi connectivity index (χ3n) is 3.18. The number of aryl methyl sites for hydroxylation is 1. The van der Waals surface area contributed by atoms with Gasteiger partial charge in [-0.2, -0.15) is 4.80 Å². The third-order valence-corrected chi connectivity index (χ3v) is 4.50. The molecule has 8 heteroatoms. The molecule has 0 bridgehead atoms. The van der Waals surface area contributed by atoms with Gasteiger partial charge in [0.2, 0.25) is 5.82 Å². The van der Waals surface area contributed by atoms with Gasteiger partial charge < -0.3 is 4.74 Å². The average Bonchev–Trinajstić information content (AvgIpc) is 3.16. The molecule has 6 nitrogen and oxygen atoms in total. The Labute approximate surface area is 140 Å². The maximum atomic E-state index is 5.92. The fourth-order valence-electron chi connectivity index (χ4n) is 2.14. The van der Waals surface area contributed by atoms with E-state index < -0.39 is 0 Å². The first kappa shape index (κ1) is 14.1. The molecule has 0 aliphatic rings. The SMILES string of the molecule is Cn1nnc(-c2cc3c(Oc4ccc(Cl)cc4)cncc3s2)n1. The molecule has 0 aliphatic carbocycles. The summed E-state index contributed by atoms with van der Waals surface area (Å²) in [4.78, 5) is 6.59. The normalized spacial score (nSPS) is 11.0. The molecule has 0 radical (unpaired) electrons. The largest absolute Gasteiger partial charge is 0.455 e. The van der Waals surface area contributed by atoms with Crippen molar-refractivity contribution in [2.24, 2.45) is 7.05 Å². The summed E-state index contributed by atoms with van der Waals surface area (Å²) < 4.78 is 6.92. The van der Waals surface area contributed by atoms with Gasteiger partial charge in [-0.15, -0.1) is 21.5 Å². The number of ether oxygens (including phenoxy) is 1. The molecule has 0 fully saturated rings. The first-order valence-electron chi connectivity index (χ1n) is 6.74. The Bertz CT molecular complexity index is 979. The quantitative estimate of drug-likeness (QED) is 0.564. The summed E-state index contributed by atoms with van der Waals surface area (Å²) in [5.74, 6) is 1.97. The number of halogens is 1. The summed E-state index contributed by atoms with van der Waals surface area (Å²) in [6, 6.07) is 9.20. The van der Waals surface area contributed by atoms with E-state index in [1.807, 2.05) is 18.2 Å². The molecular formula is C15H10ClN5OS. The number of nitrogens with zero attached hydrogens (tertiary/aromatic N) is 5. The molecule has 0 spiro atoms. The number of aromatic nitrogens is 5. The second-order valence-electron chi connectivity index (χ2n) is 4.82. The lowest BCUT2D eigenvalue weighted by molar-refractivity contribution is 0.486. The van der Waals surface area contributed by atoms with Crippen molar-refractivity contribution in [3.63, 3.8) is 0 Å². The van der Waals surface area contributed by atoms with Crippen LogP contribution in [0, 0.1) is 0 Å². The Kier molecular flexibility index (Phi) is 3.44. The van der Waals surface area contributed by atoms with Gasteiger partial charge in [0.25, 0.3) is 0 Å². The van der Waals surface area contributed by atoms with E-state index in [-0.39, 0.29) is 0 Å². The molecule has 0 unspecified atom stereocenters. The molecule has 0 atom stereocenters. The summed E-state index contributed by atoms with van der Waals surface area (Å²) in [6.45, 7) is 0. The minimum absolute atomic E-state index is 0.589. The van der Waals surface area contributed by atoms with Crippen LogP contribution in [0.5, 0.6) is 11.5 Å². The van der Waals surface area contributed by atoms with Gasteiger partial charge in [0.15, 0.2) is 5.75 Å². The van der Waals surface area contributed by atoms with Crippen molar-refractivity contribution in [2.45, 2.75) is 0 Å². The number of thiophene rings is 1. The highest BCUT2D eigenvalue weighted by atomic mass is 35.5. The van der Waals surface area contributed by atoms with Crippen molar-refractivity contribution >= 4 is 33.0 Å². The predicted molar refractivity (Wildman–Crippen MR) is 88.9 cm³/mol. The highest BCUT2D eigenvalue weighted by Gasteiger charge is 2.13. The molecule has 23 heavy (non-hydrogen) atoms. The molecule has 0 N–H and O–H groups in total. The van der Waals surface area contributed by atoms with Crippen molar-refractivity contribution in [3.8, 4) is 22.2 Å². The number of tetrazole rings is 1. The molecule has 114 valence electrons. The van der Waals surface area contributed by atoms with Crippen molar-refractivity contribution in [1.82, 2.24) is 25.2 Å². The number of pyridine rings is 1. The zero-order valence-corrected chi connectivity index (χ0v) is 13.5. The van der Waals surface area contributed by atoms with Crippen molar-refractivity contribution in [3.05, 3.63) is 47.7 Å². The zero-order chi connectivity index (χ0) is 15.8. The smallest absolute Gasteiger partial charge is 0.214 e. The van der Waals surface area contributed by atoms with Gasteiger partial charge in [-0.1, -0.05) is 11.6 Å². The van der Waals surface area contributed by atoms with Gasteiger partial charge in [0, 0.05) is 16.6 Å². The van der Waals surface area contributed by atoms with E-state index in [9.17, 15) is 0 Å². The molecule has 3 aromatic heterocycles. The lowest BCUT2D eigenvalue weighted by atomic mass is 10.3. The minimum atomic E-state index is 0.589. The highest BCUT2D eigenvalue weighted by molar-refractivity contribution is 7.22. The Balaban J connectivity index is 1.75. The van der Waals surface area contributed by atoms with Crippen LogP contribution in [-0.2, 0) is 7.05 Å². The minimum Gasteiger partial charge on any atom is -0.455 e. The van der Waals surface area contributed by atoms with Crippen LogP contribution in [-0.4, -0.2) is 25.2 Å². The summed E-state index contributed by atoms with van der Waals surface area (Å²) in [5.41, 5.74) is 0. The second-order valence-corrected chi connectivity index (χ2v) is 6.34. The van der Waals surface area contributed by atoms with Crippen molar-refractivity contribution in [2.75, 3.05) is 0 Å². The van der Waals surface area contributed by atoms with Crippen LogP contribution in [0.25, 0.3) is 20.8 Å². The van der Waals surface area contributed by atoms with E-state index in [2.05, 4.69) is 20.4 Å². The van der Waals surface area contributed by atoms with Crippen molar-refractivity contribution in [1.29, 1.82) is 0 Å². The number of rotatable bonds is 3. The summed E-state index contributed by atoms with van der Waals surface area (Å²) in [7, 11) is 1.74. The van der Waals surface area contributed by atoms with Crippen LogP contribution in [0.4, 0.5) is 0 Å². The Morgan fingerprint density at radius 1 is 1.17 bits per heavy atom. The molecule has 0 saturated carbocycles. The third kappa shape index (κ3) is 2.76. The topological polar surface area (TPSA) is 65.7 Å². The lowest BCUT2D eigenvalue weighted by Gasteiger charge is -2.06. The molecular weight excluding hydrogens is 334 g/mol. The number of hydrogen-bond acceptors (Lipinski definition) is 6. The van der Waals surface area contributed by atoms with E-state index in [1.165, 1.54) is 4.80 Å². The lowest BCUT2D eigenvalue weighted by Crippen LogP contribution is -1.91. The molecule has 3 heterocycles. The maximum absolute atomic E-state index is 5.92. The van der Waals surface area contributed by atoms with Crippen LogP contribution in [0.3, 0.4) is 0 Å². The first-order valence-corrected chi connectivity index (χ1v) is 7.94. The van der Waals surface area contributed by atoms with Gasteiger partial charge in [0.1, 0.15) is 5.75 Å². The number of fused-ring (bicyclic) bond motifs is 1. The zero-order valence-electron chi connectivity index (χ0n) is 12.0. The van der Waals surface area contributed by atoms with Crippen LogP contribution in [0.15, 0.2) is 42.7 Å². The van der Waals surface area contributed by atoms with Gasteiger partial charge in [-0.3, -0.25) is 4.98 Å². The Hall–Kier alpha value is -2.51. The monoisotopic (exact) mass is 343 g/mol. The fraction of sp³-hybridized carbons (Fsp3) is 0.0667. The van der Waals surface area contributed by atoms with Crippen LogP contribution in [0.1, 0.15) is 0 Å². The van der Waals surface area contributed by atoms with Crippen LogP contribution < -0.4 is 4.74 Å². The Morgan fingerprint density at radius 2 is 2.00 bits per heavy atom. The first-order chi connectivity index (χ1) is 11.2. The van der Waals surface area contributed by atoms with Crippen LogP contribution in [0.2, 0.25) is 5.02 Å². The van der Waals surface area contributed by atoms with Crippen molar-refractivity contribution < 1.29 is 4.74 Å². The standard InChI is InChI=1S/C15H10ClN5OS/c1-21-19-15(18-20-21)13-6-11-12(7-17-8-14(11)23-13)22-10-4-2-9(16)3-5-10/h2-8H,1H3. The predicted octanol–water partition coefficient (Wildman–Crippen LogP) is 3.93. The summed E-state index contributed by atoms with van der Waals surface area (Å²) in [6.07, 6.45) is 3.49. The molecule has 4 aromatic rings. The van der Waals surface area contributed by atoms with Crippen LogP contribution >= 0.6 is 22.9 Å². The van der Waals surface area contributed by atoms with E-state index in [4.69, 9.17) is 16.3 Å². The second kappa shape index (κ2) is 5.60. The number of hydrogen-bond donors (Lipinski definition) is 0. The molecule has 1 aromatic carbocycles.